The van der Waals surface area contributed by atoms with Gasteiger partial charge in [-0.2, -0.15) is 0 Å². The summed E-state index contributed by atoms with van der Waals surface area (Å²) in [6.45, 7) is 31.2. The molecule has 4 atom stereocenters. The quantitative estimate of drug-likeness (QED) is 0.0474. The van der Waals surface area contributed by atoms with Crippen LogP contribution >= 0.6 is 15.9 Å². The number of hydrogen-bond acceptors (Lipinski definition) is 19. The van der Waals surface area contributed by atoms with Gasteiger partial charge >= 0.3 is 17.9 Å². The highest BCUT2D eigenvalue weighted by atomic mass is 79.9. The van der Waals surface area contributed by atoms with E-state index in [9.17, 15) is 71.9 Å². The van der Waals surface area contributed by atoms with E-state index in [-0.39, 0.29) is 113 Å². The molecule has 0 saturated carbocycles. The first-order chi connectivity index (χ1) is 52.8. The summed E-state index contributed by atoms with van der Waals surface area (Å²) in [5, 5.41) is 16.6. The molecule has 28 nitrogen and oxygen atoms in total. The number of ether oxygens (including phenoxy) is 3. The Balaban J connectivity index is 0.000000283. The molecule has 29 heteroatoms. The highest BCUT2D eigenvalue weighted by Crippen LogP contribution is 2.35. The number of carboxylic acid groups (broad SMARTS) is 1. The van der Waals surface area contributed by atoms with E-state index in [1.165, 1.54) is 41.7 Å². The van der Waals surface area contributed by atoms with Crippen molar-refractivity contribution in [2.24, 2.45) is 0 Å². The number of nitrogens with one attached hydrogen (secondary N) is 4. The zero-order valence-electron chi connectivity index (χ0n) is 67.5. The summed E-state index contributed by atoms with van der Waals surface area (Å²) in [5.74, 6) is 3.50. The van der Waals surface area contributed by atoms with Gasteiger partial charge < -0.3 is 38.9 Å². The van der Waals surface area contributed by atoms with Crippen molar-refractivity contribution in [2.45, 2.75) is 262 Å². The summed E-state index contributed by atoms with van der Waals surface area (Å²) in [6, 6.07) is 20.2. The summed E-state index contributed by atoms with van der Waals surface area (Å²) < 4.78 is 15.3. The SMILES string of the molecule is C#CC.CC#Cc1cccc2c1CN(C1CCC(=O)NC1=O)C2=O.CC(=O)O.CC(=O)OC(C)(C)C.CC(=O)OC(C)(C)C.CC(=O)OC(C)(C)C.CCCc1cccc2c1CN(C1CCC(=O)NC1=O)C2=O.CCCc1cccc2c1CN(C1CCC(=O)NC1=O)C2=O.O=C1CCC(N2Cc3c(Br)cccc3C2=O)C(=O)N1. The van der Waals surface area contributed by atoms with Crippen LogP contribution in [0.1, 0.15) is 262 Å². The number of benzene rings is 4. The van der Waals surface area contributed by atoms with Crippen LogP contribution in [-0.4, -0.2) is 160 Å². The Morgan fingerprint density at radius 2 is 0.690 bits per heavy atom. The van der Waals surface area contributed by atoms with Gasteiger partial charge in [-0.25, -0.2) is 0 Å². The summed E-state index contributed by atoms with van der Waals surface area (Å²) in [4.78, 5) is 188. The zero-order valence-corrected chi connectivity index (χ0v) is 69.1. The molecule has 608 valence electrons. The van der Waals surface area contributed by atoms with E-state index in [0.717, 1.165) is 64.9 Å². The lowest BCUT2D eigenvalue weighted by molar-refractivity contribution is -0.153. The van der Waals surface area contributed by atoms with Gasteiger partial charge in [-0.15, -0.1) is 18.3 Å². The second-order valence-corrected chi connectivity index (χ2v) is 30.7. The van der Waals surface area contributed by atoms with E-state index in [4.69, 9.17) is 24.1 Å². The number of fused-ring (bicyclic) bond motifs is 4. The summed E-state index contributed by atoms with van der Waals surface area (Å²) >= 11 is 3.42. The Hall–Kier alpha value is -11.2. The molecule has 8 aliphatic rings. The molecule has 4 unspecified atom stereocenters. The third-order valence-electron chi connectivity index (χ3n) is 17.1. The van der Waals surface area contributed by atoms with Crippen LogP contribution in [0.5, 0.6) is 0 Å². The minimum atomic E-state index is -0.833. The molecule has 8 heterocycles. The van der Waals surface area contributed by atoms with Gasteiger partial charge in [0, 0.05) is 112 Å². The lowest BCUT2D eigenvalue weighted by Crippen LogP contribution is -2.52. The van der Waals surface area contributed by atoms with Crippen molar-refractivity contribution in [1.82, 2.24) is 40.9 Å². The molecule has 0 aliphatic carbocycles. The maximum atomic E-state index is 12.5. The molecule has 5 N–H and O–H groups in total. The first kappa shape index (κ1) is 94.2. The smallest absolute Gasteiger partial charge is 0.303 e. The Morgan fingerprint density at radius 3 is 0.929 bits per heavy atom. The third-order valence-corrected chi connectivity index (χ3v) is 17.9. The predicted octanol–water partition coefficient (Wildman–Crippen LogP) is 9.60. The van der Waals surface area contributed by atoms with Crippen LogP contribution in [0.25, 0.3) is 0 Å². The second-order valence-electron chi connectivity index (χ2n) is 29.9. The van der Waals surface area contributed by atoms with Crippen molar-refractivity contribution in [3.8, 4) is 24.2 Å². The van der Waals surface area contributed by atoms with Crippen LogP contribution in [-0.2, 0) is 111 Å². The van der Waals surface area contributed by atoms with Gasteiger partial charge in [0.1, 0.15) is 41.0 Å². The van der Waals surface area contributed by atoms with Gasteiger partial charge in [-0.05, 0) is 184 Å². The average molecular weight is 1630 g/mol. The van der Waals surface area contributed by atoms with Crippen LogP contribution in [0.3, 0.4) is 0 Å². The molecular formula is C84H105BrN8O20. The van der Waals surface area contributed by atoms with E-state index < -0.39 is 36.0 Å². The number of terminal acetylenes is 1. The van der Waals surface area contributed by atoms with Crippen molar-refractivity contribution in [3.63, 3.8) is 0 Å². The number of nitrogens with zero attached hydrogens (tertiary/aromatic N) is 4. The fourth-order valence-electron chi connectivity index (χ4n) is 13.0. The molecule has 0 radical (unpaired) electrons. The number of hydrogen-bond donors (Lipinski definition) is 5. The number of aliphatic carboxylic acids is 1. The van der Waals surface area contributed by atoms with Crippen molar-refractivity contribution in [1.29, 1.82) is 0 Å². The van der Waals surface area contributed by atoms with Gasteiger partial charge in [0.2, 0.25) is 47.3 Å². The van der Waals surface area contributed by atoms with E-state index in [0.29, 0.717) is 87.0 Å². The van der Waals surface area contributed by atoms with Gasteiger partial charge in [0.25, 0.3) is 29.6 Å². The Morgan fingerprint density at radius 1 is 0.442 bits per heavy atom. The number of carbonyl (C=O) groups excluding carboxylic acids is 15. The minimum Gasteiger partial charge on any atom is -0.481 e. The van der Waals surface area contributed by atoms with E-state index >= 15 is 0 Å². The van der Waals surface area contributed by atoms with Gasteiger partial charge in [-0.3, -0.25) is 98.0 Å². The molecule has 4 fully saturated rings. The fourth-order valence-corrected chi connectivity index (χ4v) is 13.5. The number of rotatable bonds is 8. The lowest BCUT2D eigenvalue weighted by atomic mass is 10.00. The molecule has 113 heavy (non-hydrogen) atoms. The molecule has 0 spiro atoms. The molecule has 12 amide bonds. The fraction of sp³-hybridized carbons (Fsp3) is 0.476. The number of carboxylic acids is 1. The summed E-state index contributed by atoms with van der Waals surface area (Å²) in [5.41, 5.74) is 8.65. The van der Waals surface area contributed by atoms with Crippen molar-refractivity contribution in [3.05, 3.63) is 138 Å². The van der Waals surface area contributed by atoms with Crippen molar-refractivity contribution >= 4 is 111 Å². The zero-order chi connectivity index (χ0) is 85.2. The van der Waals surface area contributed by atoms with Gasteiger partial charge in [0.05, 0.1) is 0 Å². The molecule has 4 saturated heterocycles. The molecule has 12 rings (SSSR count). The lowest BCUT2D eigenvalue weighted by Gasteiger charge is -2.29. The molecule has 4 aromatic carbocycles. The molecular weight excluding hydrogens is 1520 g/mol. The minimum absolute atomic E-state index is 0.0996. The van der Waals surface area contributed by atoms with Crippen LogP contribution in [0.15, 0.2) is 77.3 Å². The predicted molar refractivity (Wildman–Crippen MR) is 421 cm³/mol. The number of halogens is 1. The number of piperidine rings is 4. The van der Waals surface area contributed by atoms with Crippen molar-refractivity contribution in [2.75, 3.05) is 0 Å². The van der Waals surface area contributed by atoms with Crippen LogP contribution in [0, 0.1) is 24.2 Å². The van der Waals surface area contributed by atoms with E-state index in [1.54, 1.807) is 47.9 Å². The normalized spacial score (nSPS) is 18.2. The van der Waals surface area contributed by atoms with Crippen LogP contribution < -0.4 is 21.3 Å². The maximum Gasteiger partial charge on any atom is 0.303 e. The molecule has 8 aliphatic heterocycles. The number of aryl methyl sites for hydroxylation is 2. The number of esters is 3. The average Bonchev–Trinajstić information content (AvgIpc) is 1.65. The standard InChI is InChI=1S/2C16H18N2O3.C16H14N2O3.C13H11BrN2O3.3C6H12O2.C3H4.C2H4O2/c3*1-2-4-10-5-3-6-11-12(10)9-18(16(11)21)13-7-8-14(19)17-15(13)20;14-9-3-1-2-7-8(9)6-16(13(7)19)10-4-5-11(17)15-12(10)18;3*1-5(7)8-6(2,3)4;1-3-2;1-2(3)4/h2*3,5-6,13H,2,4,7-9H2,1H3,(H,17,19,20);3,5-6,13H,7-9H2,1H3,(H,17,19,20);1-3,10H,4-6H2,(H,15,17,18);3*1-4H3;1H,2H3;1H3,(H,3,4). The number of imide groups is 4. The molecule has 4 aromatic rings. The molecule has 0 bridgehead atoms. The number of amides is 12. The largest absolute Gasteiger partial charge is 0.481 e. The number of carbonyl (C=O) groups is 16. The van der Waals surface area contributed by atoms with Crippen molar-refractivity contribution < 1.29 is 96.0 Å². The second kappa shape index (κ2) is 43.0. The topological polar surface area (TPSA) is 382 Å². The van der Waals surface area contributed by atoms with E-state index in [2.05, 4.69) is 75.2 Å². The first-order valence-corrected chi connectivity index (χ1v) is 37.9. The van der Waals surface area contributed by atoms with Crippen LogP contribution in [0.4, 0.5) is 0 Å². The van der Waals surface area contributed by atoms with Gasteiger partial charge in [0.15, 0.2) is 0 Å². The summed E-state index contributed by atoms with van der Waals surface area (Å²) in [7, 11) is 0. The molecule has 0 aromatic heterocycles. The van der Waals surface area contributed by atoms with Crippen LogP contribution in [0.2, 0.25) is 0 Å². The highest BCUT2D eigenvalue weighted by Gasteiger charge is 2.44. The maximum absolute atomic E-state index is 12.5. The third kappa shape index (κ3) is 28.8. The monoisotopic (exact) mass is 1620 g/mol. The summed E-state index contributed by atoms with van der Waals surface area (Å²) in [6.07, 6.45) is 11.2. The van der Waals surface area contributed by atoms with E-state index in [1.807, 2.05) is 111 Å². The van der Waals surface area contributed by atoms with Gasteiger partial charge in [-0.1, -0.05) is 84.9 Å². The first-order valence-electron chi connectivity index (χ1n) is 37.1. The Bertz CT molecular complexity index is 4220. The highest BCUT2D eigenvalue weighted by molar-refractivity contribution is 9.10. The Kier molecular flexibility index (Phi) is 35.8. The Labute approximate surface area is 668 Å².